The summed E-state index contributed by atoms with van der Waals surface area (Å²) in [4.78, 5) is 11.4. The Balaban J connectivity index is 2.72. The van der Waals surface area contributed by atoms with Crippen LogP contribution < -0.4 is 14.8 Å². The lowest BCUT2D eigenvalue weighted by Gasteiger charge is -2.09. The second-order valence-electron chi connectivity index (χ2n) is 3.36. The van der Waals surface area contributed by atoms with Crippen molar-refractivity contribution in [1.29, 1.82) is 0 Å². The molecule has 5 nitrogen and oxygen atoms in total. The normalized spacial score (nSPS) is 9.59. The van der Waals surface area contributed by atoms with Gasteiger partial charge in [-0.25, -0.2) is 4.79 Å². The maximum atomic E-state index is 11.4. The number of hydrogen-bond acceptors (Lipinski definition) is 4. The summed E-state index contributed by atoms with van der Waals surface area (Å²) in [5, 5.41) is 2.60. The molecule has 94 valence electrons. The Labute approximate surface area is 101 Å². The van der Waals surface area contributed by atoms with E-state index >= 15 is 0 Å². The zero-order valence-electron chi connectivity index (χ0n) is 10.3. The Bertz CT molecular complexity index is 357. The first-order chi connectivity index (χ1) is 8.19. The van der Waals surface area contributed by atoms with Gasteiger partial charge in [0.25, 0.3) is 0 Å². The SMILES string of the molecule is CCCOC(=O)Nc1cc(OC)cc(OC)c1. The minimum absolute atomic E-state index is 0.396. The maximum Gasteiger partial charge on any atom is 0.411 e. The molecule has 17 heavy (non-hydrogen) atoms. The lowest BCUT2D eigenvalue weighted by molar-refractivity contribution is 0.161. The fourth-order valence-electron chi connectivity index (χ4n) is 1.23. The van der Waals surface area contributed by atoms with Crippen molar-refractivity contribution in [3.63, 3.8) is 0 Å². The summed E-state index contributed by atoms with van der Waals surface area (Å²) in [6.45, 7) is 2.33. The second-order valence-corrected chi connectivity index (χ2v) is 3.36. The van der Waals surface area contributed by atoms with Gasteiger partial charge >= 0.3 is 6.09 Å². The quantitative estimate of drug-likeness (QED) is 0.858. The third-order valence-electron chi connectivity index (χ3n) is 2.04. The average molecular weight is 239 g/mol. The summed E-state index contributed by atoms with van der Waals surface area (Å²) >= 11 is 0. The molecule has 1 N–H and O–H groups in total. The van der Waals surface area contributed by atoms with E-state index in [2.05, 4.69) is 5.32 Å². The molecule has 5 heteroatoms. The van der Waals surface area contributed by atoms with E-state index in [1.807, 2.05) is 6.92 Å². The first-order valence-electron chi connectivity index (χ1n) is 5.36. The van der Waals surface area contributed by atoms with Crippen LogP contribution in [0, 0.1) is 0 Å². The lowest BCUT2D eigenvalue weighted by Crippen LogP contribution is -2.14. The third kappa shape index (κ3) is 4.22. The number of carbonyl (C=O) groups excluding carboxylic acids is 1. The fourth-order valence-corrected chi connectivity index (χ4v) is 1.23. The number of rotatable bonds is 5. The van der Waals surface area contributed by atoms with Crippen molar-refractivity contribution in [2.45, 2.75) is 13.3 Å². The minimum atomic E-state index is -0.484. The molecule has 0 saturated carbocycles. The Morgan fingerprint density at radius 1 is 1.18 bits per heavy atom. The van der Waals surface area contributed by atoms with Gasteiger partial charge in [-0.3, -0.25) is 5.32 Å². The molecule has 1 aromatic rings. The van der Waals surface area contributed by atoms with E-state index in [1.165, 1.54) is 0 Å². The van der Waals surface area contributed by atoms with Gasteiger partial charge in [0, 0.05) is 18.2 Å². The van der Waals surface area contributed by atoms with Crippen molar-refractivity contribution in [2.75, 3.05) is 26.1 Å². The monoisotopic (exact) mass is 239 g/mol. The van der Waals surface area contributed by atoms with Crippen molar-refractivity contribution in [1.82, 2.24) is 0 Å². The van der Waals surface area contributed by atoms with Gasteiger partial charge in [-0.1, -0.05) is 6.92 Å². The van der Waals surface area contributed by atoms with Crippen molar-refractivity contribution >= 4 is 11.8 Å². The van der Waals surface area contributed by atoms with Gasteiger partial charge in [0.15, 0.2) is 0 Å². The zero-order chi connectivity index (χ0) is 12.7. The summed E-state index contributed by atoms with van der Waals surface area (Å²) in [7, 11) is 3.10. The van der Waals surface area contributed by atoms with Gasteiger partial charge in [0.05, 0.1) is 26.5 Å². The average Bonchev–Trinajstić information content (AvgIpc) is 2.35. The number of carbonyl (C=O) groups is 1. The molecule has 0 unspecified atom stereocenters. The largest absolute Gasteiger partial charge is 0.497 e. The van der Waals surface area contributed by atoms with Crippen molar-refractivity contribution in [3.8, 4) is 11.5 Å². The fraction of sp³-hybridized carbons (Fsp3) is 0.417. The zero-order valence-corrected chi connectivity index (χ0v) is 10.3. The number of amides is 1. The first-order valence-corrected chi connectivity index (χ1v) is 5.36. The van der Waals surface area contributed by atoms with Crippen molar-refractivity contribution in [3.05, 3.63) is 18.2 Å². The molecule has 0 aliphatic rings. The number of anilines is 1. The first kappa shape index (κ1) is 13.2. The Kier molecular flexibility index (Phi) is 5.13. The van der Waals surface area contributed by atoms with Crippen LogP contribution in [0.15, 0.2) is 18.2 Å². The Morgan fingerprint density at radius 3 is 2.24 bits per heavy atom. The highest BCUT2D eigenvalue weighted by Crippen LogP contribution is 2.25. The predicted molar refractivity (Wildman–Crippen MR) is 64.8 cm³/mol. The molecule has 0 atom stereocenters. The van der Waals surface area contributed by atoms with Gasteiger partial charge < -0.3 is 14.2 Å². The molecule has 1 rings (SSSR count). The second kappa shape index (κ2) is 6.62. The number of methoxy groups -OCH3 is 2. The van der Waals surface area contributed by atoms with Crippen LogP contribution in [0.5, 0.6) is 11.5 Å². The van der Waals surface area contributed by atoms with Gasteiger partial charge in [0.1, 0.15) is 11.5 Å². The van der Waals surface area contributed by atoms with Crippen molar-refractivity contribution < 1.29 is 19.0 Å². The summed E-state index contributed by atoms with van der Waals surface area (Å²) in [6.07, 6.45) is 0.302. The predicted octanol–water partition coefficient (Wildman–Crippen LogP) is 2.66. The molecule has 0 spiro atoms. The number of benzene rings is 1. The highest BCUT2D eigenvalue weighted by molar-refractivity contribution is 5.85. The molecule has 0 fully saturated rings. The molecule has 0 aliphatic heterocycles. The van der Waals surface area contributed by atoms with E-state index in [0.29, 0.717) is 23.8 Å². The molecule has 0 aliphatic carbocycles. The van der Waals surface area contributed by atoms with Crippen LogP contribution in [0.1, 0.15) is 13.3 Å². The van der Waals surface area contributed by atoms with Gasteiger partial charge in [0.2, 0.25) is 0 Å². The third-order valence-corrected chi connectivity index (χ3v) is 2.04. The molecule has 0 aromatic heterocycles. The number of nitrogens with one attached hydrogen (secondary N) is 1. The summed E-state index contributed by atoms with van der Waals surface area (Å²) in [5.41, 5.74) is 0.572. The topological polar surface area (TPSA) is 56.8 Å². The molecule has 0 radical (unpaired) electrons. The van der Waals surface area contributed by atoms with E-state index in [1.54, 1.807) is 32.4 Å². The highest BCUT2D eigenvalue weighted by atomic mass is 16.5. The Hall–Kier alpha value is -1.91. The van der Waals surface area contributed by atoms with Crippen molar-refractivity contribution in [2.24, 2.45) is 0 Å². The van der Waals surface area contributed by atoms with E-state index in [0.717, 1.165) is 6.42 Å². The molecule has 0 bridgehead atoms. The summed E-state index contributed by atoms with van der Waals surface area (Å²) in [5.74, 6) is 1.21. The van der Waals surface area contributed by atoms with Gasteiger partial charge in [-0.05, 0) is 6.42 Å². The molecule has 0 saturated heterocycles. The molecular weight excluding hydrogens is 222 g/mol. The molecule has 1 amide bonds. The van der Waals surface area contributed by atoms with Crippen LogP contribution in [0.25, 0.3) is 0 Å². The van der Waals surface area contributed by atoms with E-state index in [-0.39, 0.29) is 0 Å². The van der Waals surface area contributed by atoms with E-state index in [4.69, 9.17) is 14.2 Å². The smallest absolute Gasteiger partial charge is 0.411 e. The van der Waals surface area contributed by atoms with Crippen LogP contribution in [-0.2, 0) is 4.74 Å². The highest BCUT2D eigenvalue weighted by Gasteiger charge is 2.06. The van der Waals surface area contributed by atoms with Crippen LogP contribution in [0.2, 0.25) is 0 Å². The molecular formula is C12H17NO4. The maximum absolute atomic E-state index is 11.4. The molecule has 1 aromatic carbocycles. The minimum Gasteiger partial charge on any atom is -0.497 e. The van der Waals surface area contributed by atoms with E-state index in [9.17, 15) is 4.79 Å². The van der Waals surface area contributed by atoms with E-state index < -0.39 is 6.09 Å². The summed E-state index contributed by atoms with van der Waals surface area (Å²) < 4.78 is 15.1. The number of ether oxygens (including phenoxy) is 3. The summed E-state index contributed by atoms with van der Waals surface area (Å²) in [6, 6.07) is 5.11. The van der Waals surface area contributed by atoms with Crippen LogP contribution >= 0.6 is 0 Å². The standard InChI is InChI=1S/C12H17NO4/c1-4-5-17-12(14)13-9-6-10(15-2)8-11(7-9)16-3/h6-8H,4-5H2,1-3H3,(H,13,14). The van der Waals surface area contributed by atoms with Crippen LogP contribution in [0.3, 0.4) is 0 Å². The van der Waals surface area contributed by atoms with Crippen LogP contribution in [0.4, 0.5) is 10.5 Å². The number of hydrogen-bond donors (Lipinski definition) is 1. The van der Waals surface area contributed by atoms with Gasteiger partial charge in [-0.2, -0.15) is 0 Å². The van der Waals surface area contributed by atoms with Gasteiger partial charge in [-0.15, -0.1) is 0 Å². The lowest BCUT2D eigenvalue weighted by atomic mass is 10.3. The Morgan fingerprint density at radius 2 is 1.76 bits per heavy atom. The van der Waals surface area contributed by atoms with Crippen LogP contribution in [-0.4, -0.2) is 26.9 Å². The molecule has 0 heterocycles.